The Hall–Kier alpha value is -2.42. The summed E-state index contributed by atoms with van der Waals surface area (Å²) in [6.07, 6.45) is 1.03. The molecular formula is C27H34F2O7. The molecule has 7 nitrogen and oxygen atoms in total. The van der Waals surface area contributed by atoms with E-state index in [4.69, 9.17) is 9.47 Å². The van der Waals surface area contributed by atoms with Gasteiger partial charge >= 0.3 is 11.9 Å². The van der Waals surface area contributed by atoms with Crippen LogP contribution in [0.1, 0.15) is 72.6 Å². The SMILES string of the molecule is CCCC(=O)O[C@]1(C(=O)COC(C)=O)CC[C@H]2[C@@H]3CC(F)=C4CC(=O)C=C[C@]4(C)[C@@]3(F)[C@@H](O)C[C@@]21C. The number of allylic oxidation sites excluding steroid dienone is 4. The molecule has 0 aromatic carbocycles. The predicted molar refractivity (Wildman–Crippen MR) is 124 cm³/mol. The lowest BCUT2D eigenvalue weighted by Gasteiger charge is -2.62. The molecule has 0 bridgehead atoms. The van der Waals surface area contributed by atoms with Gasteiger partial charge in [0.05, 0.1) is 6.10 Å². The van der Waals surface area contributed by atoms with Crippen LogP contribution in [0.2, 0.25) is 0 Å². The maximum atomic E-state index is 17.3. The number of Topliss-reactive ketones (excluding diaryl/α,β-unsaturated/α-hetero) is 1. The van der Waals surface area contributed by atoms with Crippen molar-refractivity contribution in [3.63, 3.8) is 0 Å². The highest BCUT2D eigenvalue weighted by molar-refractivity contribution is 5.94. The van der Waals surface area contributed by atoms with E-state index in [2.05, 4.69) is 0 Å². The third-order valence-corrected chi connectivity index (χ3v) is 9.38. The minimum Gasteiger partial charge on any atom is -0.458 e. The predicted octanol–water partition coefficient (Wildman–Crippen LogP) is 3.87. The van der Waals surface area contributed by atoms with Gasteiger partial charge in [0, 0.05) is 42.9 Å². The van der Waals surface area contributed by atoms with E-state index in [9.17, 15) is 24.3 Å². The van der Waals surface area contributed by atoms with Crippen LogP contribution >= 0.6 is 0 Å². The van der Waals surface area contributed by atoms with Crippen molar-refractivity contribution in [3.05, 3.63) is 23.6 Å². The van der Waals surface area contributed by atoms with Crippen LogP contribution in [0, 0.1) is 22.7 Å². The summed E-state index contributed by atoms with van der Waals surface area (Å²) in [6.45, 7) is 5.51. The number of aliphatic hydroxyl groups excluding tert-OH is 1. The summed E-state index contributed by atoms with van der Waals surface area (Å²) >= 11 is 0. The monoisotopic (exact) mass is 508 g/mol. The maximum absolute atomic E-state index is 17.3. The highest BCUT2D eigenvalue weighted by atomic mass is 19.1. The second kappa shape index (κ2) is 8.85. The molecule has 0 saturated heterocycles. The lowest BCUT2D eigenvalue weighted by Crippen LogP contribution is -2.69. The normalized spacial score (nSPS) is 41.3. The summed E-state index contributed by atoms with van der Waals surface area (Å²) in [7, 11) is 0. The van der Waals surface area contributed by atoms with Crippen molar-refractivity contribution in [3.8, 4) is 0 Å². The molecule has 0 radical (unpaired) electrons. The highest BCUT2D eigenvalue weighted by Gasteiger charge is 2.76. The van der Waals surface area contributed by atoms with Crippen LogP contribution in [0.15, 0.2) is 23.6 Å². The van der Waals surface area contributed by atoms with Crippen LogP contribution in [-0.4, -0.2) is 52.6 Å². The molecule has 36 heavy (non-hydrogen) atoms. The summed E-state index contributed by atoms with van der Waals surface area (Å²) in [6, 6.07) is 0. The molecule has 9 heteroatoms. The standard InChI is InChI=1S/C27H34F2O7/c1-5-6-23(34)36-26(22(33)14-35-15(2)30)10-8-17-18-12-20(28)19-11-16(31)7-9-24(19,3)27(18,29)21(32)13-25(17,26)4/h7,9,17-18,21,32H,5-6,8,10-14H2,1-4H3/t17-,18-,21-,24-,25-,26-,27-/m0/s1. The number of carbonyl (C=O) groups excluding carboxylic acids is 4. The zero-order valence-electron chi connectivity index (χ0n) is 21.2. The van der Waals surface area contributed by atoms with Crippen LogP contribution in [0.25, 0.3) is 0 Å². The molecule has 0 amide bonds. The van der Waals surface area contributed by atoms with E-state index in [1.165, 1.54) is 19.1 Å². The maximum Gasteiger partial charge on any atom is 0.306 e. The van der Waals surface area contributed by atoms with E-state index in [1.807, 2.05) is 0 Å². The van der Waals surface area contributed by atoms with Crippen molar-refractivity contribution in [2.45, 2.75) is 90.0 Å². The molecular weight excluding hydrogens is 474 g/mol. The van der Waals surface area contributed by atoms with Crippen molar-refractivity contribution in [1.82, 2.24) is 0 Å². The first-order valence-corrected chi connectivity index (χ1v) is 12.6. The number of fused-ring (bicyclic) bond motifs is 5. The summed E-state index contributed by atoms with van der Waals surface area (Å²) in [5, 5.41) is 11.4. The lowest BCUT2D eigenvalue weighted by atomic mass is 9.45. The van der Waals surface area contributed by atoms with Gasteiger partial charge in [-0.2, -0.15) is 0 Å². The first-order valence-electron chi connectivity index (χ1n) is 12.6. The van der Waals surface area contributed by atoms with Crippen molar-refractivity contribution in [1.29, 1.82) is 0 Å². The number of ketones is 2. The van der Waals surface area contributed by atoms with Gasteiger partial charge in [0.2, 0.25) is 5.78 Å². The topological polar surface area (TPSA) is 107 Å². The van der Waals surface area contributed by atoms with Gasteiger partial charge in [-0.1, -0.05) is 19.9 Å². The fourth-order valence-electron chi connectivity index (χ4n) is 7.58. The van der Waals surface area contributed by atoms with Crippen molar-refractivity contribution in [2.75, 3.05) is 6.61 Å². The molecule has 0 unspecified atom stereocenters. The van der Waals surface area contributed by atoms with E-state index < -0.39 is 70.2 Å². The average Bonchev–Trinajstić information content (AvgIpc) is 3.08. The number of aliphatic hydroxyl groups is 1. The van der Waals surface area contributed by atoms with E-state index in [1.54, 1.807) is 13.8 Å². The number of carbonyl (C=O) groups is 4. The molecule has 0 aromatic rings. The van der Waals surface area contributed by atoms with Gasteiger partial charge in [-0.25, -0.2) is 8.78 Å². The van der Waals surface area contributed by atoms with Crippen LogP contribution in [0.4, 0.5) is 8.78 Å². The number of alkyl halides is 1. The zero-order valence-corrected chi connectivity index (χ0v) is 21.2. The molecule has 4 rings (SSSR count). The number of hydrogen-bond donors (Lipinski definition) is 1. The smallest absolute Gasteiger partial charge is 0.306 e. The Balaban J connectivity index is 1.81. The number of ether oxygens (including phenoxy) is 2. The Labute approximate surface area is 209 Å². The second-order valence-corrected chi connectivity index (χ2v) is 11.2. The fraction of sp³-hybridized carbons (Fsp3) is 0.704. The summed E-state index contributed by atoms with van der Waals surface area (Å²) in [5.41, 5.74) is -6.74. The molecule has 4 aliphatic carbocycles. The number of hydrogen-bond acceptors (Lipinski definition) is 7. The molecule has 7 atom stereocenters. The Morgan fingerprint density at radius 1 is 1.22 bits per heavy atom. The van der Waals surface area contributed by atoms with E-state index >= 15 is 8.78 Å². The van der Waals surface area contributed by atoms with Crippen molar-refractivity contribution in [2.24, 2.45) is 22.7 Å². The minimum absolute atomic E-state index is 0.0479. The van der Waals surface area contributed by atoms with Crippen LogP contribution in [0.5, 0.6) is 0 Å². The Morgan fingerprint density at radius 3 is 2.56 bits per heavy atom. The summed E-state index contributed by atoms with van der Waals surface area (Å²) in [5.74, 6) is -4.45. The molecule has 2 fully saturated rings. The van der Waals surface area contributed by atoms with Crippen molar-refractivity contribution < 1.29 is 42.5 Å². The van der Waals surface area contributed by atoms with E-state index in [-0.39, 0.29) is 49.9 Å². The van der Waals surface area contributed by atoms with Gasteiger partial charge in [0.25, 0.3) is 0 Å². The van der Waals surface area contributed by atoms with Gasteiger partial charge in [0.15, 0.2) is 23.7 Å². The Morgan fingerprint density at radius 2 is 1.92 bits per heavy atom. The summed E-state index contributed by atoms with van der Waals surface area (Å²) < 4.78 is 43.6. The van der Waals surface area contributed by atoms with Gasteiger partial charge in [0.1, 0.15) is 5.83 Å². The lowest BCUT2D eigenvalue weighted by molar-refractivity contribution is -0.223. The van der Waals surface area contributed by atoms with Crippen LogP contribution < -0.4 is 0 Å². The molecule has 2 saturated carbocycles. The van der Waals surface area contributed by atoms with Crippen molar-refractivity contribution >= 4 is 23.5 Å². The summed E-state index contributed by atoms with van der Waals surface area (Å²) in [4.78, 5) is 49.7. The third-order valence-electron chi connectivity index (χ3n) is 9.38. The van der Waals surface area contributed by atoms with Gasteiger partial charge in [-0.3, -0.25) is 19.2 Å². The van der Waals surface area contributed by atoms with Gasteiger partial charge < -0.3 is 14.6 Å². The minimum atomic E-state index is -2.29. The molecule has 0 heterocycles. The van der Waals surface area contributed by atoms with Gasteiger partial charge in [-0.05, 0) is 50.2 Å². The van der Waals surface area contributed by atoms with E-state index in [0.29, 0.717) is 6.42 Å². The molecule has 1 N–H and O–H groups in total. The average molecular weight is 509 g/mol. The van der Waals surface area contributed by atoms with Crippen LogP contribution in [0.3, 0.4) is 0 Å². The number of rotatable bonds is 6. The number of halogens is 2. The van der Waals surface area contributed by atoms with Crippen LogP contribution in [-0.2, 0) is 28.7 Å². The first kappa shape index (κ1) is 26.6. The van der Waals surface area contributed by atoms with Gasteiger partial charge in [-0.15, -0.1) is 0 Å². The third kappa shape index (κ3) is 3.52. The number of esters is 2. The zero-order chi connectivity index (χ0) is 26.7. The fourth-order valence-corrected chi connectivity index (χ4v) is 7.58. The quantitative estimate of drug-likeness (QED) is 0.543. The second-order valence-electron chi connectivity index (χ2n) is 11.2. The van der Waals surface area contributed by atoms with E-state index in [0.717, 1.165) is 6.92 Å². The first-order chi connectivity index (χ1) is 16.8. The molecule has 198 valence electrons. The Kier molecular flexibility index (Phi) is 6.55. The Bertz CT molecular complexity index is 1070. The molecule has 0 spiro atoms. The molecule has 0 aromatic heterocycles. The largest absolute Gasteiger partial charge is 0.458 e. The molecule has 0 aliphatic heterocycles. The molecule has 4 aliphatic rings. The highest BCUT2D eigenvalue weighted by Crippen LogP contribution is 2.70.